The number of piperidine rings is 1. The van der Waals surface area contributed by atoms with Crippen LogP contribution in [0.4, 0.5) is 4.39 Å². The van der Waals surface area contributed by atoms with E-state index in [-0.39, 0.29) is 17.6 Å². The van der Waals surface area contributed by atoms with Gasteiger partial charge in [0.2, 0.25) is 0 Å². The minimum Gasteiger partial charge on any atom is -0.468 e. The fourth-order valence-corrected chi connectivity index (χ4v) is 2.57. The second kappa shape index (κ2) is 6.49. The van der Waals surface area contributed by atoms with Gasteiger partial charge in [0, 0.05) is 6.54 Å². The van der Waals surface area contributed by atoms with E-state index in [4.69, 9.17) is 10.00 Å². The molecule has 0 radical (unpaired) electrons. The van der Waals surface area contributed by atoms with Gasteiger partial charge in [-0.1, -0.05) is 12.5 Å². The summed E-state index contributed by atoms with van der Waals surface area (Å²) in [6, 6.07) is 6.08. The molecule has 0 bridgehead atoms. The molecule has 0 aromatic heterocycles. The SMILES string of the molecule is COC(=O)[C@H]1CCCCN1Cc1ccc(F)c(C#N)c1. The molecule has 1 aliphatic heterocycles. The highest BCUT2D eigenvalue weighted by molar-refractivity contribution is 5.75. The first-order valence-electron chi connectivity index (χ1n) is 6.66. The number of esters is 1. The van der Waals surface area contributed by atoms with Crippen LogP contribution in [0.2, 0.25) is 0 Å². The quantitative estimate of drug-likeness (QED) is 0.794. The molecule has 1 aromatic rings. The number of benzene rings is 1. The molecule has 106 valence electrons. The summed E-state index contributed by atoms with van der Waals surface area (Å²) in [5.41, 5.74) is 0.868. The Morgan fingerprint density at radius 1 is 1.55 bits per heavy atom. The Balaban J connectivity index is 2.15. The zero-order valence-electron chi connectivity index (χ0n) is 11.4. The average Bonchev–Trinajstić information content (AvgIpc) is 2.49. The van der Waals surface area contributed by atoms with Gasteiger partial charge >= 0.3 is 5.97 Å². The van der Waals surface area contributed by atoms with Crippen molar-refractivity contribution in [3.05, 3.63) is 35.1 Å². The largest absolute Gasteiger partial charge is 0.468 e. The number of halogens is 1. The molecule has 1 atom stereocenters. The van der Waals surface area contributed by atoms with Crippen LogP contribution in [0.15, 0.2) is 18.2 Å². The van der Waals surface area contributed by atoms with Gasteiger partial charge in [-0.05, 0) is 37.1 Å². The maximum atomic E-state index is 13.3. The van der Waals surface area contributed by atoms with E-state index in [1.807, 2.05) is 11.0 Å². The summed E-state index contributed by atoms with van der Waals surface area (Å²) in [6.07, 6.45) is 2.81. The van der Waals surface area contributed by atoms with Crippen molar-refractivity contribution in [3.63, 3.8) is 0 Å². The van der Waals surface area contributed by atoms with Crippen LogP contribution in [-0.2, 0) is 16.1 Å². The van der Waals surface area contributed by atoms with Crippen LogP contribution in [0.3, 0.4) is 0 Å². The zero-order valence-corrected chi connectivity index (χ0v) is 11.4. The first kappa shape index (κ1) is 14.5. The lowest BCUT2D eigenvalue weighted by Gasteiger charge is -2.33. The standard InChI is InChI=1S/C15H17FN2O2/c1-20-15(19)14-4-2-3-7-18(14)10-11-5-6-13(16)12(8-11)9-17/h5-6,8,14H,2-4,7,10H2,1H3/t14-/m1/s1. The van der Waals surface area contributed by atoms with E-state index in [1.54, 1.807) is 6.07 Å². The Labute approximate surface area is 117 Å². The third-order valence-electron chi connectivity index (χ3n) is 3.62. The molecule has 0 N–H and O–H groups in total. The Morgan fingerprint density at radius 2 is 2.35 bits per heavy atom. The summed E-state index contributed by atoms with van der Waals surface area (Å²) >= 11 is 0. The fourth-order valence-electron chi connectivity index (χ4n) is 2.57. The molecule has 1 saturated heterocycles. The van der Waals surface area contributed by atoms with Crippen LogP contribution in [0.5, 0.6) is 0 Å². The van der Waals surface area contributed by atoms with Gasteiger partial charge in [-0.15, -0.1) is 0 Å². The third-order valence-corrected chi connectivity index (χ3v) is 3.62. The topological polar surface area (TPSA) is 53.3 Å². The number of ether oxygens (including phenoxy) is 1. The van der Waals surface area contributed by atoms with Gasteiger partial charge in [0.25, 0.3) is 0 Å². The van der Waals surface area contributed by atoms with Crippen molar-refractivity contribution in [3.8, 4) is 6.07 Å². The highest BCUT2D eigenvalue weighted by Crippen LogP contribution is 2.21. The van der Waals surface area contributed by atoms with Gasteiger partial charge in [0.05, 0.1) is 12.7 Å². The third kappa shape index (κ3) is 3.14. The highest BCUT2D eigenvalue weighted by Gasteiger charge is 2.29. The number of nitriles is 1. The number of methoxy groups -OCH3 is 1. The summed E-state index contributed by atoms with van der Waals surface area (Å²) < 4.78 is 18.1. The summed E-state index contributed by atoms with van der Waals surface area (Å²) in [7, 11) is 1.39. The Bertz CT molecular complexity index is 539. The lowest BCUT2D eigenvalue weighted by atomic mass is 10.0. The van der Waals surface area contributed by atoms with E-state index >= 15 is 0 Å². The Morgan fingerprint density at radius 3 is 3.05 bits per heavy atom. The van der Waals surface area contributed by atoms with Crippen LogP contribution >= 0.6 is 0 Å². The molecule has 5 heteroatoms. The van der Waals surface area contributed by atoms with Crippen molar-refractivity contribution < 1.29 is 13.9 Å². The zero-order chi connectivity index (χ0) is 14.5. The molecular weight excluding hydrogens is 259 g/mol. The van der Waals surface area contributed by atoms with Gasteiger partial charge in [-0.2, -0.15) is 5.26 Å². The van der Waals surface area contributed by atoms with Gasteiger partial charge in [-0.3, -0.25) is 9.69 Å². The minimum absolute atomic E-state index is 0.0362. The summed E-state index contributed by atoms with van der Waals surface area (Å²) in [4.78, 5) is 13.8. The van der Waals surface area contributed by atoms with Crippen LogP contribution < -0.4 is 0 Å². The monoisotopic (exact) mass is 276 g/mol. The van der Waals surface area contributed by atoms with Crippen molar-refractivity contribution in [2.24, 2.45) is 0 Å². The first-order chi connectivity index (χ1) is 9.65. The number of nitrogens with zero attached hydrogens (tertiary/aromatic N) is 2. The number of carbonyl (C=O) groups is 1. The molecule has 0 unspecified atom stereocenters. The van der Waals surface area contributed by atoms with E-state index in [0.717, 1.165) is 31.4 Å². The first-order valence-corrected chi connectivity index (χ1v) is 6.66. The van der Waals surface area contributed by atoms with E-state index in [2.05, 4.69) is 0 Å². The van der Waals surface area contributed by atoms with Gasteiger partial charge in [0.15, 0.2) is 0 Å². The van der Waals surface area contributed by atoms with Crippen molar-refractivity contribution in [2.45, 2.75) is 31.8 Å². The van der Waals surface area contributed by atoms with E-state index in [0.29, 0.717) is 6.54 Å². The molecule has 1 fully saturated rings. The van der Waals surface area contributed by atoms with Crippen molar-refractivity contribution in [1.29, 1.82) is 5.26 Å². The normalized spacial score (nSPS) is 19.4. The maximum absolute atomic E-state index is 13.3. The molecular formula is C15H17FN2O2. The second-order valence-corrected chi connectivity index (χ2v) is 4.93. The second-order valence-electron chi connectivity index (χ2n) is 4.93. The lowest BCUT2D eigenvalue weighted by molar-refractivity contribution is -0.148. The molecule has 1 aliphatic rings. The summed E-state index contributed by atoms with van der Waals surface area (Å²) in [5.74, 6) is -0.744. The summed E-state index contributed by atoms with van der Waals surface area (Å²) in [5, 5.41) is 8.85. The molecule has 0 amide bonds. The molecule has 0 saturated carbocycles. The van der Waals surface area contributed by atoms with E-state index < -0.39 is 5.82 Å². The number of rotatable bonds is 3. The van der Waals surface area contributed by atoms with Crippen molar-refractivity contribution >= 4 is 5.97 Å². The Hall–Kier alpha value is -1.93. The van der Waals surface area contributed by atoms with Gasteiger partial charge in [-0.25, -0.2) is 4.39 Å². The van der Waals surface area contributed by atoms with Crippen LogP contribution in [0.25, 0.3) is 0 Å². The lowest BCUT2D eigenvalue weighted by Crippen LogP contribution is -2.44. The van der Waals surface area contributed by atoms with Crippen molar-refractivity contribution in [2.75, 3.05) is 13.7 Å². The van der Waals surface area contributed by atoms with Crippen LogP contribution in [0.1, 0.15) is 30.4 Å². The van der Waals surface area contributed by atoms with Crippen molar-refractivity contribution in [1.82, 2.24) is 4.90 Å². The number of likely N-dealkylation sites (tertiary alicyclic amines) is 1. The van der Waals surface area contributed by atoms with E-state index in [1.165, 1.54) is 19.2 Å². The molecule has 20 heavy (non-hydrogen) atoms. The maximum Gasteiger partial charge on any atom is 0.323 e. The molecule has 1 heterocycles. The molecule has 0 aliphatic carbocycles. The van der Waals surface area contributed by atoms with Crippen LogP contribution in [-0.4, -0.2) is 30.6 Å². The fraction of sp³-hybridized carbons (Fsp3) is 0.467. The minimum atomic E-state index is -0.514. The predicted molar refractivity (Wildman–Crippen MR) is 71.2 cm³/mol. The predicted octanol–water partition coefficient (Wildman–Crippen LogP) is 2.22. The van der Waals surface area contributed by atoms with Gasteiger partial charge < -0.3 is 4.74 Å². The highest BCUT2D eigenvalue weighted by atomic mass is 19.1. The molecule has 2 rings (SSSR count). The Kier molecular flexibility index (Phi) is 4.70. The summed E-state index contributed by atoms with van der Waals surface area (Å²) in [6.45, 7) is 1.33. The average molecular weight is 276 g/mol. The smallest absolute Gasteiger partial charge is 0.323 e. The molecule has 0 spiro atoms. The van der Waals surface area contributed by atoms with Gasteiger partial charge in [0.1, 0.15) is 17.9 Å². The van der Waals surface area contributed by atoms with E-state index in [9.17, 15) is 9.18 Å². The number of hydrogen-bond donors (Lipinski definition) is 0. The van der Waals surface area contributed by atoms with Crippen LogP contribution in [0, 0.1) is 17.1 Å². The number of hydrogen-bond acceptors (Lipinski definition) is 4. The molecule has 4 nitrogen and oxygen atoms in total. The number of carbonyl (C=O) groups excluding carboxylic acids is 1. The molecule has 1 aromatic carbocycles.